The third-order valence-corrected chi connectivity index (χ3v) is 5.73. The molecule has 1 N–H and O–H groups in total. The highest BCUT2D eigenvalue weighted by Crippen LogP contribution is 2.37. The molecule has 0 aliphatic carbocycles. The van der Waals surface area contributed by atoms with E-state index in [1.165, 1.54) is 23.1 Å². The number of nitrogens with zero attached hydrogens (tertiary/aromatic N) is 2. The SMILES string of the molecule is CCOC(=O)[C@@]1(O)CSc2nc3sc(C)c(C)c3c(=O)n21. The number of aromatic nitrogens is 2. The Balaban J connectivity index is 2.30. The Morgan fingerprint density at radius 2 is 2.24 bits per heavy atom. The van der Waals surface area contributed by atoms with Crippen molar-refractivity contribution in [1.29, 1.82) is 0 Å². The molecule has 21 heavy (non-hydrogen) atoms. The zero-order valence-corrected chi connectivity index (χ0v) is 13.4. The number of aryl methyl sites for hydroxylation is 2. The Morgan fingerprint density at radius 1 is 1.52 bits per heavy atom. The summed E-state index contributed by atoms with van der Waals surface area (Å²) in [4.78, 5) is 30.8. The Hall–Kier alpha value is -1.38. The zero-order valence-electron chi connectivity index (χ0n) is 11.8. The van der Waals surface area contributed by atoms with Crippen LogP contribution in [0, 0.1) is 13.8 Å². The van der Waals surface area contributed by atoms with Crippen molar-refractivity contribution in [1.82, 2.24) is 9.55 Å². The first-order chi connectivity index (χ1) is 9.90. The van der Waals surface area contributed by atoms with E-state index in [0.717, 1.165) is 15.0 Å². The van der Waals surface area contributed by atoms with Crippen LogP contribution in [0.5, 0.6) is 0 Å². The van der Waals surface area contributed by atoms with E-state index >= 15 is 0 Å². The van der Waals surface area contributed by atoms with Crippen LogP contribution in [-0.4, -0.2) is 33.0 Å². The predicted molar refractivity (Wildman–Crippen MR) is 80.9 cm³/mol. The molecule has 0 amide bonds. The molecule has 6 nitrogen and oxygen atoms in total. The molecule has 2 aromatic heterocycles. The van der Waals surface area contributed by atoms with Gasteiger partial charge in [-0.3, -0.25) is 4.79 Å². The highest BCUT2D eigenvalue weighted by Gasteiger charge is 2.48. The minimum atomic E-state index is -1.98. The summed E-state index contributed by atoms with van der Waals surface area (Å²) in [5.41, 5.74) is -1.53. The molecule has 0 aromatic carbocycles. The molecule has 0 fully saturated rings. The van der Waals surface area contributed by atoms with Crippen molar-refractivity contribution in [3.63, 3.8) is 0 Å². The summed E-state index contributed by atoms with van der Waals surface area (Å²) in [6.45, 7) is 5.56. The van der Waals surface area contributed by atoms with Gasteiger partial charge < -0.3 is 9.84 Å². The van der Waals surface area contributed by atoms with Crippen LogP contribution in [0.25, 0.3) is 10.2 Å². The van der Waals surface area contributed by atoms with Gasteiger partial charge >= 0.3 is 5.97 Å². The van der Waals surface area contributed by atoms with E-state index in [4.69, 9.17) is 4.74 Å². The van der Waals surface area contributed by atoms with Gasteiger partial charge in [0.2, 0.25) is 0 Å². The molecule has 0 saturated heterocycles. The van der Waals surface area contributed by atoms with Crippen LogP contribution in [0.4, 0.5) is 0 Å². The topological polar surface area (TPSA) is 81.4 Å². The van der Waals surface area contributed by atoms with Crippen molar-refractivity contribution in [2.24, 2.45) is 0 Å². The number of rotatable bonds is 2. The number of esters is 1. The summed E-state index contributed by atoms with van der Waals surface area (Å²) in [5.74, 6) is -0.785. The summed E-state index contributed by atoms with van der Waals surface area (Å²) in [6, 6.07) is 0. The van der Waals surface area contributed by atoms with Crippen molar-refractivity contribution < 1.29 is 14.6 Å². The third kappa shape index (κ3) is 1.93. The van der Waals surface area contributed by atoms with Crippen LogP contribution >= 0.6 is 23.1 Å². The van der Waals surface area contributed by atoms with Gasteiger partial charge in [0, 0.05) is 4.88 Å². The van der Waals surface area contributed by atoms with Gasteiger partial charge in [0.05, 0.1) is 17.7 Å². The van der Waals surface area contributed by atoms with Gasteiger partial charge in [-0.1, -0.05) is 11.8 Å². The van der Waals surface area contributed by atoms with E-state index in [1.54, 1.807) is 6.92 Å². The number of fused-ring (bicyclic) bond motifs is 2. The fourth-order valence-corrected chi connectivity index (χ4v) is 4.50. The van der Waals surface area contributed by atoms with E-state index in [2.05, 4.69) is 4.98 Å². The number of hydrogen-bond donors (Lipinski definition) is 1. The first-order valence-electron chi connectivity index (χ1n) is 6.45. The number of ether oxygens (including phenoxy) is 1. The molecule has 1 atom stereocenters. The number of aliphatic hydroxyl groups is 1. The molecule has 0 spiro atoms. The summed E-state index contributed by atoms with van der Waals surface area (Å²) in [6.07, 6.45) is 0. The molecule has 0 bridgehead atoms. The lowest BCUT2D eigenvalue weighted by molar-refractivity contribution is -0.173. The van der Waals surface area contributed by atoms with Crippen LogP contribution in [0.2, 0.25) is 0 Å². The molecule has 0 unspecified atom stereocenters. The Labute approximate surface area is 128 Å². The number of hydrogen-bond acceptors (Lipinski definition) is 7. The average Bonchev–Trinajstić information content (AvgIpc) is 2.91. The van der Waals surface area contributed by atoms with Gasteiger partial charge in [-0.25, -0.2) is 14.3 Å². The van der Waals surface area contributed by atoms with Gasteiger partial charge in [-0.2, -0.15) is 0 Å². The average molecular weight is 326 g/mol. The first kappa shape index (κ1) is 14.6. The second kappa shape index (κ2) is 4.82. The first-order valence-corrected chi connectivity index (χ1v) is 8.26. The Bertz CT molecular complexity index is 811. The molecular formula is C13H14N2O4S2. The summed E-state index contributed by atoms with van der Waals surface area (Å²) in [7, 11) is 0. The number of thioether (sulfide) groups is 1. The van der Waals surface area contributed by atoms with Gasteiger partial charge in [0.15, 0.2) is 5.16 Å². The van der Waals surface area contributed by atoms with Crippen LogP contribution < -0.4 is 5.56 Å². The Kier molecular flexibility index (Phi) is 3.34. The molecule has 3 heterocycles. The van der Waals surface area contributed by atoms with Crippen molar-refractivity contribution in [2.75, 3.05) is 12.4 Å². The fraction of sp³-hybridized carbons (Fsp3) is 0.462. The summed E-state index contributed by atoms with van der Waals surface area (Å²) in [5, 5.41) is 11.4. The summed E-state index contributed by atoms with van der Waals surface area (Å²) < 4.78 is 5.97. The van der Waals surface area contributed by atoms with Crippen LogP contribution in [0.15, 0.2) is 9.95 Å². The maximum absolute atomic E-state index is 12.7. The summed E-state index contributed by atoms with van der Waals surface area (Å²) >= 11 is 2.62. The van der Waals surface area contributed by atoms with Gasteiger partial charge in [0.25, 0.3) is 11.3 Å². The highest BCUT2D eigenvalue weighted by molar-refractivity contribution is 7.99. The monoisotopic (exact) mass is 326 g/mol. The minimum Gasteiger partial charge on any atom is -0.462 e. The minimum absolute atomic E-state index is 0.0311. The number of carbonyl (C=O) groups is 1. The van der Waals surface area contributed by atoms with E-state index < -0.39 is 17.3 Å². The van der Waals surface area contributed by atoms with E-state index in [-0.39, 0.29) is 12.4 Å². The molecule has 1 aliphatic rings. The smallest absolute Gasteiger partial charge is 0.361 e. The maximum atomic E-state index is 12.7. The van der Waals surface area contributed by atoms with Gasteiger partial charge in [-0.05, 0) is 26.3 Å². The number of carbonyl (C=O) groups excluding carboxylic acids is 1. The highest BCUT2D eigenvalue weighted by atomic mass is 32.2. The van der Waals surface area contributed by atoms with Crippen LogP contribution in [-0.2, 0) is 15.3 Å². The van der Waals surface area contributed by atoms with Crippen LogP contribution in [0.1, 0.15) is 17.4 Å². The van der Waals surface area contributed by atoms with Crippen molar-refractivity contribution in [3.05, 3.63) is 20.8 Å². The molecule has 0 saturated carbocycles. The van der Waals surface area contributed by atoms with Gasteiger partial charge in [-0.15, -0.1) is 11.3 Å². The van der Waals surface area contributed by atoms with E-state index in [1.807, 2.05) is 13.8 Å². The van der Waals surface area contributed by atoms with Gasteiger partial charge in [0.1, 0.15) is 4.83 Å². The zero-order chi connectivity index (χ0) is 15.4. The van der Waals surface area contributed by atoms with Crippen molar-refractivity contribution in [2.45, 2.75) is 31.7 Å². The maximum Gasteiger partial charge on any atom is 0.361 e. The molecule has 3 rings (SSSR count). The second-order valence-electron chi connectivity index (χ2n) is 4.82. The lowest BCUT2D eigenvalue weighted by Crippen LogP contribution is -2.48. The molecular weight excluding hydrogens is 312 g/mol. The predicted octanol–water partition coefficient (Wildman–Crippen LogP) is 1.39. The lowest BCUT2D eigenvalue weighted by Gasteiger charge is -2.21. The van der Waals surface area contributed by atoms with E-state index in [9.17, 15) is 14.7 Å². The molecule has 2 aromatic rings. The standard InChI is InChI=1S/C13H14N2O4S2/c1-4-19-11(17)13(18)5-20-12-14-9-8(10(16)15(12)13)6(2)7(3)21-9/h18H,4-5H2,1-3H3/t13-/m0/s1. The largest absolute Gasteiger partial charge is 0.462 e. The fourth-order valence-electron chi connectivity index (χ4n) is 2.32. The normalized spacial score (nSPS) is 20.8. The van der Waals surface area contributed by atoms with Crippen molar-refractivity contribution in [3.8, 4) is 0 Å². The third-order valence-electron chi connectivity index (χ3n) is 3.55. The van der Waals surface area contributed by atoms with Crippen LogP contribution in [0.3, 0.4) is 0 Å². The molecule has 8 heteroatoms. The van der Waals surface area contributed by atoms with E-state index in [0.29, 0.717) is 15.4 Å². The second-order valence-corrected chi connectivity index (χ2v) is 6.97. The molecule has 0 radical (unpaired) electrons. The van der Waals surface area contributed by atoms with Crippen molar-refractivity contribution >= 4 is 39.3 Å². The quantitative estimate of drug-likeness (QED) is 0.663. The number of thiophene rings is 1. The lowest BCUT2D eigenvalue weighted by atomic mass is 10.2. The molecule has 112 valence electrons. The molecule has 1 aliphatic heterocycles. The Morgan fingerprint density at radius 3 is 2.90 bits per heavy atom.